The van der Waals surface area contributed by atoms with Crippen molar-refractivity contribution in [2.45, 2.75) is 139 Å². The van der Waals surface area contributed by atoms with E-state index in [2.05, 4.69) is 80.6 Å². The Balaban J connectivity index is 3.51. The monoisotopic (exact) mass is 421 g/mol. The third kappa shape index (κ3) is 6.58. The molecule has 0 bridgehead atoms. The van der Waals surface area contributed by atoms with Crippen molar-refractivity contribution in [3.63, 3.8) is 0 Å². The van der Waals surface area contributed by atoms with E-state index in [-0.39, 0.29) is 17.1 Å². The number of allylic oxidation sites excluding steroid dienone is 1. The number of nitrogens with one attached hydrogen (secondary N) is 1. The number of hydrogen-bond acceptors (Lipinski definition) is 2. The maximum Gasteiger partial charge on any atom is 0.0783 e. The average Bonchev–Trinajstić information content (AvgIpc) is 2.74. The second-order valence-electron chi connectivity index (χ2n) is 11.8. The maximum atomic E-state index is 11.6. The van der Waals surface area contributed by atoms with Crippen LogP contribution in [0.15, 0.2) is 11.6 Å². The quantitative estimate of drug-likeness (QED) is 0.409. The minimum Gasteiger partial charge on any atom is -0.388 e. The van der Waals surface area contributed by atoms with Crippen molar-refractivity contribution in [3.8, 4) is 0 Å². The molecule has 2 nitrogen and oxygen atoms in total. The van der Waals surface area contributed by atoms with Crippen LogP contribution in [-0.2, 0) is 0 Å². The summed E-state index contributed by atoms with van der Waals surface area (Å²) < 4.78 is 0. The molecule has 1 heterocycles. The van der Waals surface area contributed by atoms with Gasteiger partial charge in [0.05, 0.1) is 6.10 Å². The summed E-state index contributed by atoms with van der Waals surface area (Å²) in [6, 6.07) is 0. The largest absolute Gasteiger partial charge is 0.388 e. The Morgan fingerprint density at radius 1 is 0.933 bits per heavy atom. The van der Waals surface area contributed by atoms with Crippen molar-refractivity contribution >= 4 is 0 Å². The molecule has 0 radical (unpaired) electrons. The molecule has 2 heteroatoms. The molecular formula is C28H55NO. The Labute approximate surface area is 189 Å². The predicted molar refractivity (Wildman–Crippen MR) is 134 cm³/mol. The molecule has 2 unspecified atom stereocenters. The van der Waals surface area contributed by atoms with Gasteiger partial charge in [0.2, 0.25) is 0 Å². The highest BCUT2D eigenvalue weighted by molar-refractivity contribution is 5.11. The molecule has 0 spiro atoms. The first-order valence-electron chi connectivity index (χ1n) is 13.0. The Kier molecular flexibility index (Phi) is 10.1. The lowest BCUT2D eigenvalue weighted by Gasteiger charge is -2.47. The third-order valence-electron chi connectivity index (χ3n) is 9.38. The smallest absolute Gasteiger partial charge is 0.0783 e. The van der Waals surface area contributed by atoms with Gasteiger partial charge in [-0.3, -0.25) is 0 Å². The molecule has 6 atom stereocenters. The zero-order valence-corrected chi connectivity index (χ0v) is 22.3. The van der Waals surface area contributed by atoms with Gasteiger partial charge < -0.3 is 10.4 Å². The zero-order chi connectivity index (χ0) is 23.2. The van der Waals surface area contributed by atoms with E-state index in [9.17, 15) is 5.11 Å². The van der Waals surface area contributed by atoms with Crippen LogP contribution in [0.5, 0.6) is 0 Å². The Hall–Kier alpha value is -0.340. The summed E-state index contributed by atoms with van der Waals surface area (Å²) in [6.07, 6.45) is 12.1. The molecule has 1 saturated heterocycles. The summed E-state index contributed by atoms with van der Waals surface area (Å²) in [4.78, 5) is 0. The molecule has 1 rings (SSSR count). The minimum atomic E-state index is -0.328. The number of rotatable bonds is 7. The second-order valence-corrected chi connectivity index (χ2v) is 11.8. The number of aliphatic hydroxyl groups excluding tert-OH is 1. The van der Waals surface area contributed by atoms with Crippen LogP contribution in [0.4, 0.5) is 0 Å². The summed E-state index contributed by atoms with van der Waals surface area (Å²) in [6.45, 7) is 24.6. The standard InChI is InChI=1S/C28H55NO/c1-11-22(12-2)24(30)23-17-18-25(7,13-3)19-26(8,14-4)21-29-28(10,16-6)20-27(23,9)15-5/h11,23-24,29-30H,12-21H2,1-10H3/b22-11-/t23?,24?,25-,26-,27-,28+/m1/s1. The van der Waals surface area contributed by atoms with E-state index in [1.54, 1.807) is 0 Å². The van der Waals surface area contributed by atoms with Gasteiger partial charge in [-0.25, -0.2) is 0 Å². The fourth-order valence-electron chi connectivity index (χ4n) is 6.12. The Bertz CT molecular complexity index is 557. The van der Waals surface area contributed by atoms with Crippen molar-refractivity contribution in [1.82, 2.24) is 5.32 Å². The van der Waals surface area contributed by atoms with E-state index in [4.69, 9.17) is 0 Å². The first-order chi connectivity index (χ1) is 13.9. The van der Waals surface area contributed by atoms with Crippen LogP contribution >= 0.6 is 0 Å². The lowest BCUT2D eigenvalue weighted by Crippen LogP contribution is -2.51. The van der Waals surface area contributed by atoms with Crippen LogP contribution in [-0.4, -0.2) is 23.3 Å². The normalized spacial score (nSPS) is 40.6. The fourth-order valence-corrected chi connectivity index (χ4v) is 6.12. The summed E-state index contributed by atoms with van der Waals surface area (Å²) in [5, 5.41) is 15.7. The van der Waals surface area contributed by atoms with Gasteiger partial charge in [-0.1, -0.05) is 74.3 Å². The van der Waals surface area contributed by atoms with E-state index < -0.39 is 0 Å². The van der Waals surface area contributed by atoms with Crippen molar-refractivity contribution in [3.05, 3.63) is 11.6 Å². The van der Waals surface area contributed by atoms with Gasteiger partial charge in [-0.15, -0.1) is 0 Å². The summed E-state index contributed by atoms with van der Waals surface area (Å²) >= 11 is 0. The van der Waals surface area contributed by atoms with Crippen LogP contribution in [0.1, 0.15) is 127 Å². The van der Waals surface area contributed by atoms with Gasteiger partial charge >= 0.3 is 0 Å². The van der Waals surface area contributed by atoms with Gasteiger partial charge in [-0.2, -0.15) is 0 Å². The summed E-state index contributed by atoms with van der Waals surface area (Å²) in [5.41, 5.74) is 2.09. The molecule has 0 aromatic carbocycles. The second kappa shape index (κ2) is 11.0. The third-order valence-corrected chi connectivity index (χ3v) is 9.38. The summed E-state index contributed by atoms with van der Waals surface area (Å²) in [7, 11) is 0. The van der Waals surface area contributed by atoms with Crippen LogP contribution in [0.2, 0.25) is 0 Å². The van der Waals surface area contributed by atoms with E-state index in [0.717, 1.165) is 38.6 Å². The molecule has 1 fully saturated rings. The molecule has 30 heavy (non-hydrogen) atoms. The van der Waals surface area contributed by atoms with Crippen LogP contribution < -0.4 is 5.32 Å². The highest BCUT2D eigenvalue weighted by Gasteiger charge is 2.45. The zero-order valence-electron chi connectivity index (χ0n) is 22.3. The molecule has 0 saturated carbocycles. The van der Waals surface area contributed by atoms with Crippen molar-refractivity contribution < 1.29 is 5.11 Å². The van der Waals surface area contributed by atoms with E-state index in [0.29, 0.717) is 16.7 Å². The first-order valence-corrected chi connectivity index (χ1v) is 13.0. The lowest BCUT2D eigenvalue weighted by atomic mass is 9.61. The molecule has 1 aliphatic rings. The fraction of sp³-hybridized carbons (Fsp3) is 0.929. The first kappa shape index (κ1) is 27.7. The lowest BCUT2D eigenvalue weighted by molar-refractivity contribution is 0.00694. The highest BCUT2D eigenvalue weighted by Crippen LogP contribution is 2.50. The predicted octanol–water partition coefficient (Wildman–Crippen LogP) is 7.90. The van der Waals surface area contributed by atoms with E-state index in [1.807, 2.05) is 0 Å². The van der Waals surface area contributed by atoms with Crippen LogP contribution in [0.3, 0.4) is 0 Å². The molecule has 178 valence electrons. The highest BCUT2D eigenvalue weighted by atomic mass is 16.3. The van der Waals surface area contributed by atoms with Gasteiger partial charge in [0.15, 0.2) is 0 Å². The SMILES string of the molecule is C/C=C(/CC)C(O)C1CC[C@@](C)(CC)C[C@@](C)(CC)CN[C@@](C)(CC)C[C@@]1(C)CC. The molecular weight excluding hydrogens is 366 g/mol. The van der Waals surface area contributed by atoms with Crippen LogP contribution in [0.25, 0.3) is 0 Å². The van der Waals surface area contributed by atoms with Gasteiger partial charge in [0.25, 0.3) is 0 Å². The Morgan fingerprint density at radius 3 is 1.97 bits per heavy atom. The van der Waals surface area contributed by atoms with Crippen LogP contribution in [0, 0.1) is 22.2 Å². The van der Waals surface area contributed by atoms with Gasteiger partial charge in [0, 0.05) is 12.1 Å². The average molecular weight is 422 g/mol. The van der Waals surface area contributed by atoms with E-state index >= 15 is 0 Å². The topological polar surface area (TPSA) is 32.3 Å². The molecule has 2 N–H and O–H groups in total. The molecule has 0 aromatic heterocycles. The maximum absolute atomic E-state index is 11.6. The molecule has 0 aromatic rings. The number of hydrogen-bond donors (Lipinski definition) is 2. The molecule has 1 aliphatic heterocycles. The van der Waals surface area contributed by atoms with Gasteiger partial charge in [0.1, 0.15) is 0 Å². The summed E-state index contributed by atoms with van der Waals surface area (Å²) in [5.74, 6) is 0.304. The minimum absolute atomic E-state index is 0.106. The van der Waals surface area contributed by atoms with Gasteiger partial charge in [-0.05, 0) is 86.5 Å². The van der Waals surface area contributed by atoms with Crippen molar-refractivity contribution in [1.29, 1.82) is 0 Å². The number of aliphatic hydroxyl groups is 1. The van der Waals surface area contributed by atoms with Crippen molar-refractivity contribution in [2.24, 2.45) is 22.2 Å². The molecule has 0 aliphatic carbocycles. The van der Waals surface area contributed by atoms with Crippen molar-refractivity contribution in [2.75, 3.05) is 6.54 Å². The van der Waals surface area contributed by atoms with E-state index in [1.165, 1.54) is 31.3 Å². The molecule has 0 amide bonds. The Morgan fingerprint density at radius 2 is 1.53 bits per heavy atom.